The second kappa shape index (κ2) is 25.0. The van der Waals surface area contributed by atoms with Gasteiger partial charge in [-0.2, -0.15) is 0 Å². The fourth-order valence-electron chi connectivity index (χ4n) is 9.98. The number of hydrogen-bond donors (Lipinski definition) is 7. The summed E-state index contributed by atoms with van der Waals surface area (Å²) in [5.74, 6) is -1.55. The van der Waals surface area contributed by atoms with Gasteiger partial charge in [-0.1, -0.05) is 52.0 Å². The first-order valence-corrected chi connectivity index (χ1v) is 26.9. The standard InChI is InChI=1S/C57H71N13O9/c1-8-58-55(77)53-63-61-51(43-28-41(34(3)4)45(71)30-47(43)73)69(53)39-14-10-37(11-15-39)32-65-20-24-67(25-21-65)50(76)19-18-49(75)60-36(7)57(79)68-26-22-66(23-27-68)33-38-12-16-40(17-13-38)70-52(62-64-54(70)56(78)59-9-2)44-29-42(35(5)6)46(72)31-48(44)74/h10-17,28-31,34-36,71-74H,8-9,18-27,32-33H2,1-7H3,(H,58,77)(H,59,78)(H,60,75)/t36-/m0/s1. The van der Waals surface area contributed by atoms with Gasteiger partial charge in [0.05, 0.1) is 11.1 Å². The lowest BCUT2D eigenvalue weighted by Crippen LogP contribution is -2.54. The summed E-state index contributed by atoms with van der Waals surface area (Å²) >= 11 is 0. The van der Waals surface area contributed by atoms with Crippen LogP contribution in [0.25, 0.3) is 34.2 Å². The summed E-state index contributed by atoms with van der Waals surface area (Å²) < 4.78 is 3.18. The number of phenols is 4. The molecule has 0 radical (unpaired) electrons. The molecule has 79 heavy (non-hydrogen) atoms. The molecular formula is C57H71N13O9. The Morgan fingerprint density at radius 2 is 0.924 bits per heavy atom. The van der Waals surface area contributed by atoms with E-state index in [0.29, 0.717) is 112 Å². The van der Waals surface area contributed by atoms with Crippen molar-refractivity contribution in [3.63, 3.8) is 0 Å². The maximum absolute atomic E-state index is 13.5. The third-order valence-corrected chi connectivity index (χ3v) is 14.3. The zero-order valence-electron chi connectivity index (χ0n) is 45.9. The molecule has 0 saturated carbocycles. The predicted octanol–water partition coefficient (Wildman–Crippen LogP) is 5.02. The van der Waals surface area contributed by atoms with Crippen molar-refractivity contribution in [1.29, 1.82) is 0 Å². The molecule has 0 bridgehead atoms. The van der Waals surface area contributed by atoms with E-state index in [0.717, 1.165) is 11.1 Å². The number of benzene rings is 4. The van der Waals surface area contributed by atoms with Gasteiger partial charge in [-0.15, -0.1) is 20.4 Å². The number of phenolic OH excluding ortho intramolecular Hbond substituents is 4. The quantitative estimate of drug-likeness (QED) is 0.0561. The van der Waals surface area contributed by atoms with Crippen molar-refractivity contribution in [2.45, 2.75) is 92.3 Å². The molecule has 1 atom stereocenters. The smallest absolute Gasteiger partial charge is 0.289 e. The molecule has 0 spiro atoms. The number of aromatic hydroxyl groups is 4. The lowest BCUT2D eigenvalue weighted by molar-refractivity contribution is -0.138. The van der Waals surface area contributed by atoms with Crippen molar-refractivity contribution in [1.82, 2.24) is 65.1 Å². The Morgan fingerprint density at radius 1 is 0.519 bits per heavy atom. The molecule has 22 heteroatoms. The van der Waals surface area contributed by atoms with E-state index in [1.54, 1.807) is 51.8 Å². The Hall–Kier alpha value is -8.37. The number of piperazine rings is 2. The Morgan fingerprint density at radius 3 is 1.32 bits per heavy atom. The molecule has 0 unspecified atom stereocenters. The molecule has 2 fully saturated rings. The van der Waals surface area contributed by atoms with Gasteiger partial charge in [0, 0.05) is 115 Å². The number of carbonyl (C=O) groups is 5. The Bertz CT molecular complexity index is 3170. The zero-order valence-corrected chi connectivity index (χ0v) is 45.9. The lowest BCUT2D eigenvalue weighted by Gasteiger charge is -2.36. The Kier molecular flexibility index (Phi) is 18.0. The molecule has 2 aromatic heterocycles. The largest absolute Gasteiger partial charge is 0.508 e. The molecule has 418 valence electrons. The highest BCUT2D eigenvalue weighted by molar-refractivity contribution is 5.93. The summed E-state index contributed by atoms with van der Waals surface area (Å²) in [6.07, 6.45) is -0.0180. The van der Waals surface area contributed by atoms with Crippen LogP contribution in [0.5, 0.6) is 23.0 Å². The molecular weight excluding hydrogens is 1010 g/mol. The van der Waals surface area contributed by atoms with Gasteiger partial charge in [0.25, 0.3) is 11.8 Å². The summed E-state index contributed by atoms with van der Waals surface area (Å²) in [6, 6.07) is 20.3. The summed E-state index contributed by atoms with van der Waals surface area (Å²) in [5, 5.41) is 68.1. The Balaban J connectivity index is 0.784. The van der Waals surface area contributed by atoms with Crippen LogP contribution in [0, 0.1) is 0 Å². The molecule has 2 saturated heterocycles. The summed E-state index contributed by atoms with van der Waals surface area (Å²) in [5.41, 5.74) is 5.07. The van der Waals surface area contributed by atoms with Crippen LogP contribution in [0.1, 0.15) is 117 Å². The van der Waals surface area contributed by atoms with E-state index in [2.05, 4.69) is 46.1 Å². The molecule has 22 nitrogen and oxygen atoms in total. The second-order valence-electron chi connectivity index (χ2n) is 20.6. The van der Waals surface area contributed by atoms with Gasteiger partial charge in [0.2, 0.25) is 29.4 Å². The number of aromatic nitrogens is 6. The van der Waals surface area contributed by atoms with Crippen LogP contribution in [0.4, 0.5) is 0 Å². The maximum Gasteiger partial charge on any atom is 0.289 e. The molecule has 6 aromatic rings. The fraction of sp³-hybridized carbons (Fsp3) is 0.421. The number of carbonyl (C=O) groups excluding carboxylic acids is 5. The number of rotatable bonds is 19. The van der Waals surface area contributed by atoms with E-state index in [1.165, 1.54) is 12.1 Å². The van der Waals surface area contributed by atoms with Gasteiger partial charge in [0.15, 0.2) is 11.6 Å². The number of nitrogens with one attached hydrogen (secondary N) is 3. The van der Waals surface area contributed by atoms with E-state index in [4.69, 9.17) is 0 Å². The van der Waals surface area contributed by atoms with E-state index in [9.17, 15) is 44.4 Å². The average Bonchev–Trinajstić information content (AvgIpc) is 4.29. The summed E-state index contributed by atoms with van der Waals surface area (Å²) in [6.45, 7) is 19.3. The van der Waals surface area contributed by atoms with E-state index < -0.39 is 17.9 Å². The van der Waals surface area contributed by atoms with Crippen LogP contribution in [0.3, 0.4) is 0 Å². The fourth-order valence-corrected chi connectivity index (χ4v) is 9.98. The van der Waals surface area contributed by atoms with Crippen molar-refractivity contribution >= 4 is 29.5 Å². The van der Waals surface area contributed by atoms with Crippen molar-refractivity contribution in [3.05, 3.63) is 107 Å². The van der Waals surface area contributed by atoms with Gasteiger partial charge in [-0.25, -0.2) is 0 Å². The van der Waals surface area contributed by atoms with Crippen molar-refractivity contribution in [2.75, 3.05) is 65.4 Å². The topological polar surface area (TPSA) is 277 Å². The zero-order chi connectivity index (χ0) is 56.7. The molecule has 5 amide bonds. The molecule has 2 aliphatic heterocycles. The van der Waals surface area contributed by atoms with Gasteiger partial charge in [-0.05, 0) is 91.3 Å². The van der Waals surface area contributed by atoms with Crippen LogP contribution in [-0.2, 0) is 27.5 Å². The molecule has 8 rings (SSSR count). The Labute approximate surface area is 459 Å². The van der Waals surface area contributed by atoms with Crippen LogP contribution < -0.4 is 16.0 Å². The second-order valence-corrected chi connectivity index (χ2v) is 20.6. The van der Waals surface area contributed by atoms with Gasteiger partial charge in [-0.3, -0.25) is 42.9 Å². The minimum atomic E-state index is -0.765. The van der Waals surface area contributed by atoms with Crippen molar-refractivity contribution < 1.29 is 44.4 Å². The third kappa shape index (κ3) is 13.0. The van der Waals surface area contributed by atoms with Crippen molar-refractivity contribution in [2.24, 2.45) is 0 Å². The van der Waals surface area contributed by atoms with E-state index in [-0.39, 0.29) is 88.7 Å². The summed E-state index contributed by atoms with van der Waals surface area (Å²) in [7, 11) is 0. The van der Waals surface area contributed by atoms with Crippen molar-refractivity contribution in [3.8, 4) is 57.1 Å². The number of amides is 5. The third-order valence-electron chi connectivity index (χ3n) is 14.3. The monoisotopic (exact) mass is 1080 g/mol. The maximum atomic E-state index is 13.5. The van der Waals surface area contributed by atoms with Crippen LogP contribution in [0.15, 0.2) is 72.8 Å². The number of hydrogen-bond acceptors (Lipinski definition) is 15. The first kappa shape index (κ1) is 56.8. The lowest BCUT2D eigenvalue weighted by atomic mass is 9.98. The van der Waals surface area contributed by atoms with E-state index in [1.807, 2.05) is 76.2 Å². The van der Waals surface area contributed by atoms with Gasteiger partial charge in [0.1, 0.15) is 29.0 Å². The van der Waals surface area contributed by atoms with Crippen LogP contribution >= 0.6 is 0 Å². The normalized spacial score (nSPS) is 14.6. The predicted molar refractivity (Wildman–Crippen MR) is 295 cm³/mol. The first-order valence-electron chi connectivity index (χ1n) is 26.9. The molecule has 4 heterocycles. The highest BCUT2D eigenvalue weighted by Gasteiger charge is 2.30. The minimum absolute atomic E-state index is 0.0226. The van der Waals surface area contributed by atoms with Crippen LogP contribution in [-0.4, -0.2) is 171 Å². The first-order chi connectivity index (χ1) is 37.8. The molecule has 4 aromatic carbocycles. The molecule has 0 aliphatic carbocycles. The summed E-state index contributed by atoms with van der Waals surface area (Å²) in [4.78, 5) is 74.0. The van der Waals surface area contributed by atoms with Gasteiger partial charge >= 0.3 is 0 Å². The molecule has 7 N–H and O–H groups in total. The minimum Gasteiger partial charge on any atom is -0.508 e. The SMILES string of the molecule is CCNC(=O)c1nnc(-c2cc(C(C)C)c(O)cc2O)n1-c1ccc(CN2CCN(C(=O)CCC(=O)N[C@@H](C)C(=O)N3CCN(Cc4ccc(-n5c(C(=O)NCC)nnc5-c5cc(C(C)C)c(O)cc5O)cc4)CC3)CC2)cc1. The van der Waals surface area contributed by atoms with Crippen LogP contribution in [0.2, 0.25) is 0 Å². The molecule has 2 aliphatic rings. The number of nitrogens with zero attached hydrogens (tertiary/aromatic N) is 10. The average molecular weight is 1080 g/mol. The van der Waals surface area contributed by atoms with E-state index >= 15 is 0 Å². The van der Waals surface area contributed by atoms with Gasteiger partial charge < -0.3 is 46.2 Å². The highest BCUT2D eigenvalue weighted by Crippen LogP contribution is 2.40. The highest BCUT2D eigenvalue weighted by atomic mass is 16.3.